The van der Waals surface area contributed by atoms with Crippen LogP contribution >= 0.6 is 0 Å². The highest BCUT2D eigenvalue weighted by Gasteiger charge is 2.34. The molecule has 1 fully saturated rings. The standard InChI is InChI=1S/C28H54O/c1-3-5-7-9-11-15-19-23-28(29)24-20-16-12-14-18-22-27-25-26(27)21-17-13-10-8-6-4-2/h26-27H,3-25H2,1-2H3/t26-,27+/m1/s1. The van der Waals surface area contributed by atoms with Gasteiger partial charge in [0.1, 0.15) is 5.78 Å². The number of ketones is 1. The van der Waals surface area contributed by atoms with E-state index in [0.29, 0.717) is 5.78 Å². The smallest absolute Gasteiger partial charge is 0.132 e. The fourth-order valence-electron chi connectivity index (χ4n) is 4.87. The predicted molar refractivity (Wildman–Crippen MR) is 130 cm³/mol. The summed E-state index contributed by atoms with van der Waals surface area (Å²) in [7, 11) is 0. The summed E-state index contributed by atoms with van der Waals surface area (Å²) in [6, 6.07) is 0. The first-order valence-corrected chi connectivity index (χ1v) is 13.8. The maximum Gasteiger partial charge on any atom is 0.132 e. The van der Waals surface area contributed by atoms with E-state index in [2.05, 4.69) is 13.8 Å². The van der Waals surface area contributed by atoms with Crippen molar-refractivity contribution in [3.05, 3.63) is 0 Å². The van der Waals surface area contributed by atoms with Crippen molar-refractivity contribution in [3.63, 3.8) is 0 Å². The number of rotatable bonds is 23. The van der Waals surface area contributed by atoms with Crippen molar-refractivity contribution in [3.8, 4) is 0 Å². The van der Waals surface area contributed by atoms with Crippen molar-refractivity contribution in [2.45, 2.75) is 162 Å². The Balaban J connectivity index is 1.75. The molecule has 1 aliphatic rings. The van der Waals surface area contributed by atoms with Crippen molar-refractivity contribution >= 4 is 5.78 Å². The van der Waals surface area contributed by atoms with Crippen LogP contribution in [0.2, 0.25) is 0 Å². The lowest BCUT2D eigenvalue weighted by atomic mass is 10.0. The molecule has 29 heavy (non-hydrogen) atoms. The second-order valence-corrected chi connectivity index (χ2v) is 10.0. The molecule has 1 heteroatoms. The van der Waals surface area contributed by atoms with Gasteiger partial charge in [-0.15, -0.1) is 0 Å². The van der Waals surface area contributed by atoms with Crippen LogP contribution in [0.15, 0.2) is 0 Å². The van der Waals surface area contributed by atoms with E-state index in [1.54, 1.807) is 0 Å². The molecular weight excluding hydrogens is 352 g/mol. The Hall–Kier alpha value is -0.330. The molecule has 1 saturated carbocycles. The van der Waals surface area contributed by atoms with Gasteiger partial charge in [0, 0.05) is 12.8 Å². The van der Waals surface area contributed by atoms with Crippen LogP contribution in [0.1, 0.15) is 162 Å². The highest BCUT2D eigenvalue weighted by Crippen LogP contribution is 2.45. The summed E-state index contributed by atoms with van der Waals surface area (Å²) in [6.45, 7) is 4.56. The Bertz CT molecular complexity index is 361. The largest absolute Gasteiger partial charge is 0.300 e. The van der Waals surface area contributed by atoms with Crippen LogP contribution in [0.25, 0.3) is 0 Å². The third-order valence-electron chi connectivity index (χ3n) is 7.09. The van der Waals surface area contributed by atoms with E-state index >= 15 is 0 Å². The van der Waals surface area contributed by atoms with Gasteiger partial charge in [-0.3, -0.25) is 4.79 Å². The minimum Gasteiger partial charge on any atom is -0.300 e. The van der Waals surface area contributed by atoms with Crippen LogP contribution in [0.5, 0.6) is 0 Å². The molecule has 0 amide bonds. The lowest BCUT2D eigenvalue weighted by molar-refractivity contribution is -0.119. The molecule has 1 rings (SSSR count). The molecule has 0 aliphatic heterocycles. The first-order chi connectivity index (χ1) is 14.3. The van der Waals surface area contributed by atoms with Gasteiger partial charge >= 0.3 is 0 Å². The van der Waals surface area contributed by atoms with E-state index in [9.17, 15) is 4.79 Å². The van der Waals surface area contributed by atoms with E-state index in [1.807, 2.05) is 0 Å². The molecule has 1 nitrogen and oxygen atoms in total. The number of Topliss-reactive ketones (excluding diaryl/α,β-unsaturated/α-hetero) is 1. The van der Waals surface area contributed by atoms with Gasteiger partial charge in [-0.1, -0.05) is 129 Å². The average Bonchev–Trinajstić information content (AvgIpc) is 3.47. The van der Waals surface area contributed by atoms with Crippen molar-refractivity contribution < 1.29 is 4.79 Å². The molecular formula is C28H54O. The maximum absolute atomic E-state index is 12.0. The number of carbonyl (C=O) groups is 1. The zero-order valence-corrected chi connectivity index (χ0v) is 20.3. The quantitative estimate of drug-likeness (QED) is 0.154. The second kappa shape index (κ2) is 19.6. The Morgan fingerprint density at radius 3 is 1.28 bits per heavy atom. The highest BCUT2D eigenvalue weighted by atomic mass is 16.1. The summed E-state index contributed by atoms with van der Waals surface area (Å²) in [5, 5.41) is 0. The number of hydrogen-bond acceptors (Lipinski definition) is 1. The Kier molecular flexibility index (Phi) is 18.1. The second-order valence-electron chi connectivity index (χ2n) is 10.0. The van der Waals surface area contributed by atoms with Gasteiger partial charge in [0.25, 0.3) is 0 Å². The minimum absolute atomic E-state index is 0.522. The van der Waals surface area contributed by atoms with Gasteiger partial charge in [0.2, 0.25) is 0 Å². The molecule has 0 spiro atoms. The third-order valence-corrected chi connectivity index (χ3v) is 7.09. The first kappa shape index (κ1) is 26.7. The summed E-state index contributed by atoms with van der Waals surface area (Å²) in [5.74, 6) is 2.69. The SMILES string of the molecule is CCCCCCCCCC(=O)CCCCCCC[C@H]1C[C@H]1CCCCCCCC. The Labute approximate surface area is 184 Å². The average molecular weight is 407 g/mol. The molecule has 2 atom stereocenters. The zero-order valence-electron chi connectivity index (χ0n) is 20.3. The lowest BCUT2D eigenvalue weighted by Gasteiger charge is -2.04. The van der Waals surface area contributed by atoms with E-state index in [0.717, 1.165) is 37.5 Å². The maximum atomic E-state index is 12.0. The first-order valence-electron chi connectivity index (χ1n) is 13.8. The molecule has 0 aromatic heterocycles. The Morgan fingerprint density at radius 2 is 0.862 bits per heavy atom. The summed E-state index contributed by atoms with van der Waals surface area (Å²) < 4.78 is 0. The van der Waals surface area contributed by atoms with Crippen LogP contribution < -0.4 is 0 Å². The Morgan fingerprint density at radius 1 is 0.517 bits per heavy atom. The molecule has 0 saturated heterocycles. The van der Waals surface area contributed by atoms with Crippen molar-refractivity contribution in [1.82, 2.24) is 0 Å². The van der Waals surface area contributed by atoms with Gasteiger partial charge in [0.15, 0.2) is 0 Å². The van der Waals surface area contributed by atoms with Crippen LogP contribution in [-0.2, 0) is 4.79 Å². The van der Waals surface area contributed by atoms with Gasteiger partial charge in [-0.25, -0.2) is 0 Å². The van der Waals surface area contributed by atoms with Gasteiger partial charge in [0.05, 0.1) is 0 Å². The molecule has 172 valence electrons. The number of hydrogen-bond donors (Lipinski definition) is 0. The number of unbranched alkanes of at least 4 members (excludes halogenated alkanes) is 15. The lowest BCUT2D eigenvalue weighted by Crippen LogP contribution is -1.97. The van der Waals surface area contributed by atoms with E-state index < -0.39 is 0 Å². The van der Waals surface area contributed by atoms with Gasteiger partial charge < -0.3 is 0 Å². The molecule has 0 bridgehead atoms. The van der Waals surface area contributed by atoms with E-state index in [4.69, 9.17) is 0 Å². The summed E-state index contributed by atoms with van der Waals surface area (Å²) in [5.41, 5.74) is 0. The van der Waals surface area contributed by atoms with Crippen molar-refractivity contribution in [2.24, 2.45) is 11.8 Å². The molecule has 0 N–H and O–H groups in total. The molecule has 0 heterocycles. The zero-order chi connectivity index (χ0) is 21.0. The molecule has 1 aliphatic carbocycles. The molecule has 0 radical (unpaired) electrons. The van der Waals surface area contributed by atoms with Crippen LogP contribution in [0.4, 0.5) is 0 Å². The third kappa shape index (κ3) is 17.1. The summed E-state index contributed by atoms with van der Waals surface area (Å²) in [6.07, 6.45) is 30.6. The van der Waals surface area contributed by atoms with Gasteiger partial charge in [-0.2, -0.15) is 0 Å². The van der Waals surface area contributed by atoms with Crippen LogP contribution in [0.3, 0.4) is 0 Å². The summed E-state index contributed by atoms with van der Waals surface area (Å²) in [4.78, 5) is 12.0. The van der Waals surface area contributed by atoms with E-state index in [1.165, 1.54) is 122 Å². The van der Waals surface area contributed by atoms with Crippen LogP contribution in [0, 0.1) is 11.8 Å². The highest BCUT2D eigenvalue weighted by molar-refractivity contribution is 5.78. The van der Waals surface area contributed by atoms with Crippen LogP contribution in [-0.4, -0.2) is 5.78 Å². The molecule has 0 unspecified atom stereocenters. The molecule has 0 aromatic rings. The van der Waals surface area contributed by atoms with Gasteiger partial charge in [-0.05, 0) is 31.1 Å². The topological polar surface area (TPSA) is 17.1 Å². The van der Waals surface area contributed by atoms with Crippen molar-refractivity contribution in [2.75, 3.05) is 0 Å². The predicted octanol–water partition coefficient (Wildman–Crippen LogP) is 9.81. The van der Waals surface area contributed by atoms with Crippen molar-refractivity contribution in [1.29, 1.82) is 0 Å². The normalized spacial score (nSPS) is 18.3. The molecule has 0 aromatic carbocycles. The number of carbonyl (C=O) groups excluding carboxylic acids is 1. The fraction of sp³-hybridized carbons (Fsp3) is 0.964. The summed E-state index contributed by atoms with van der Waals surface area (Å²) >= 11 is 0. The monoisotopic (exact) mass is 406 g/mol. The minimum atomic E-state index is 0.522. The fourth-order valence-corrected chi connectivity index (χ4v) is 4.87. The van der Waals surface area contributed by atoms with E-state index in [-0.39, 0.29) is 0 Å².